The van der Waals surface area contributed by atoms with Crippen LogP contribution in [0.5, 0.6) is 0 Å². The molecule has 0 amide bonds. The molecule has 6 nitrogen and oxygen atoms in total. The number of nitriles is 1. The predicted molar refractivity (Wildman–Crippen MR) is 60.5 cm³/mol. The van der Waals surface area contributed by atoms with E-state index >= 15 is 0 Å². The van der Waals surface area contributed by atoms with E-state index in [1.165, 1.54) is 6.07 Å². The third-order valence-electron chi connectivity index (χ3n) is 1.90. The summed E-state index contributed by atoms with van der Waals surface area (Å²) in [4.78, 5) is 10.8. The van der Waals surface area contributed by atoms with Crippen LogP contribution >= 0.6 is 0 Å². The number of nitrogens with zero attached hydrogens (tertiary/aromatic N) is 1. The van der Waals surface area contributed by atoms with Crippen molar-refractivity contribution < 1.29 is 22.3 Å². The summed E-state index contributed by atoms with van der Waals surface area (Å²) in [6, 6.07) is 4.94. The number of hydrogen-bond acceptors (Lipinski definition) is 5. The molecule has 1 aromatic rings. The number of benzene rings is 1. The van der Waals surface area contributed by atoms with Gasteiger partial charge in [-0.15, -0.1) is 0 Å². The molecule has 0 aliphatic heterocycles. The number of carbonyl (C=O) groups excluding carboxylic acids is 1. The number of halogens is 1. The Bertz CT molecular complexity index is 607. The van der Waals surface area contributed by atoms with Crippen molar-refractivity contribution in [3.8, 4) is 6.07 Å². The molecule has 1 N–H and O–H groups in total. The number of nitrogens with one attached hydrogen (secondary N) is 1. The molecule has 1 rings (SSSR count). The fourth-order valence-corrected chi connectivity index (χ4v) is 2.09. The zero-order valence-electron chi connectivity index (χ0n) is 9.31. The summed E-state index contributed by atoms with van der Waals surface area (Å²) < 4.78 is 42.3. The van der Waals surface area contributed by atoms with Gasteiger partial charge in [-0.25, -0.2) is 12.8 Å². The van der Waals surface area contributed by atoms with Crippen molar-refractivity contribution in [1.29, 1.82) is 5.26 Å². The zero-order valence-corrected chi connectivity index (χ0v) is 10.1. The van der Waals surface area contributed by atoms with Crippen LogP contribution in [0, 0.1) is 17.1 Å². The lowest BCUT2D eigenvalue weighted by atomic mass is 10.2. The van der Waals surface area contributed by atoms with Crippen LogP contribution in [0.1, 0.15) is 5.56 Å². The number of rotatable bonds is 4. The van der Waals surface area contributed by atoms with Crippen LogP contribution in [0.2, 0.25) is 0 Å². The Labute approximate surface area is 103 Å². The van der Waals surface area contributed by atoms with Gasteiger partial charge in [-0.05, 0) is 18.2 Å². The molecule has 1 aromatic carbocycles. The Balaban J connectivity index is 2.92. The Morgan fingerprint density at radius 1 is 1.56 bits per heavy atom. The van der Waals surface area contributed by atoms with Gasteiger partial charge in [0.25, 0.3) is 0 Å². The lowest BCUT2D eigenvalue weighted by Crippen LogP contribution is -2.24. The van der Waals surface area contributed by atoms with Gasteiger partial charge >= 0.3 is 5.97 Å². The molecule has 18 heavy (non-hydrogen) atoms. The molecule has 0 unspecified atom stereocenters. The average molecular weight is 272 g/mol. The van der Waals surface area contributed by atoms with E-state index in [9.17, 15) is 17.6 Å². The third-order valence-corrected chi connectivity index (χ3v) is 3.05. The maximum absolute atomic E-state index is 13.4. The number of ether oxygens (including phenoxy) is 1. The summed E-state index contributed by atoms with van der Waals surface area (Å²) in [6.45, 7) is 0. The summed E-state index contributed by atoms with van der Waals surface area (Å²) in [5.74, 6) is -2.78. The smallest absolute Gasteiger partial charge is 0.322 e. The summed E-state index contributed by atoms with van der Waals surface area (Å²) in [6.07, 6.45) is 0. The van der Waals surface area contributed by atoms with E-state index in [0.29, 0.717) is 0 Å². The Morgan fingerprint density at radius 3 is 2.72 bits per heavy atom. The zero-order chi connectivity index (χ0) is 13.8. The van der Waals surface area contributed by atoms with Crippen molar-refractivity contribution in [1.82, 2.24) is 0 Å². The highest BCUT2D eigenvalue weighted by Crippen LogP contribution is 2.16. The molecule has 0 aromatic heterocycles. The van der Waals surface area contributed by atoms with Crippen LogP contribution in [0.25, 0.3) is 0 Å². The fraction of sp³-hybridized carbons (Fsp3) is 0.200. The molecule has 0 heterocycles. The summed E-state index contributed by atoms with van der Waals surface area (Å²) in [7, 11) is -2.99. The predicted octanol–water partition coefficient (Wildman–Crippen LogP) is 0.612. The van der Waals surface area contributed by atoms with Gasteiger partial charge < -0.3 is 4.74 Å². The number of carbonyl (C=O) groups is 1. The minimum Gasteiger partial charge on any atom is -0.468 e. The first-order valence-corrected chi connectivity index (χ1v) is 6.30. The third kappa shape index (κ3) is 3.71. The molecule has 0 fully saturated rings. The van der Waals surface area contributed by atoms with E-state index in [2.05, 4.69) is 4.74 Å². The second-order valence-electron chi connectivity index (χ2n) is 3.24. The lowest BCUT2D eigenvalue weighted by molar-refractivity contribution is -0.137. The molecule has 0 aliphatic carbocycles. The molecule has 8 heteroatoms. The Hall–Kier alpha value is -2.14. The molecule has 0 atom stereocenters. The van der Waals surface area contributed by atoms with Crippen LogP contribution in [0.15, 0.2) is 18.2 Å². The molecule has 0 aliphatic rings. The number of anilines is 1. The Kier molecular flexibility index (Phi) is 4.23. The molecule has 0 spiro atoms. The minimum atomic E-state index is -4.04. The van der Waals surface area contributed by atoms with E-state index in [1.807, 2.05) is 4.72 Å². The minimum absolute atomic E-state index is 0.0587. The van der Waals surface area contributed by atoms with E-state index in [-0.39, 0.29) is 11.3 Å². The average Bonchev–Trinajstić information content (AvgIpc) is 2.30. The highest BCUT2D eigenvalue weighted by atomic mass is 32.2. The topological polar surface area (TPSA) is 96.3 Å². The van der Waals surface area contributed by atoms with E-state index in [0.717, 1.165) is 19.2 Å². The van der Waals surface area contributed by atoms with Gasteiger partial charge in [-0.1, -0.05) is 0 Å². The van der Waals surface area contributed by atoms with Gasteiger partial charge in [0.15, 0.2) is 5.75 Å². The van der Waals surface area contributed by atoms with E-state index < -0.39 is 27.6 Å². The van der Waals surface area contributed by atoms with Crippen LogP contribution in [-0.2, 0) is 19.6 Å². The standard InChI is InChI=1S/C10H9FN2O4S/c1-17-10(14)6-18(15,16)13-9-3-2-7(5-12)4-8(9)11/h2-4,13H,6H2,1H3. The molecule has 0 saturated heterocycles. The number of hydrogen-bond donors (Lipinski definition) is 1. The first-order valence-electron chi connectivity index (χ1n) is 4.65. The summed E-state index contributed by atoms with van der Waals surface area (Å²) in [5, 5.41) is 8.52. The van der Waals surface area contributed by atoms with Gasteiger partial charge in [-0.2, -0.15) is 5.26 Å². The van der Waals surface area contributed by atoms with Gasteiger partial charge in [0.05, 0.1) is 24.4 Å². The van der Waals surface area contributed by atoms with Crippen LogP contribution in [-0.4, -0.2) is 27.2 Å². The molecular formula is C10H9FN2O4S. The SMILES string of the molecule is COC(=O)CS(=O)(=O)Nc1ccc(C#N)cc1F. The molecule has 0 saturated carbocycles. The summed E-state index contributed by atoms with van der Waals surface area (Å²) in [5.41, 5.74) is -0.277. The quantitative estimate of drug-likeness (QED) is 0.810. The molecular weight excluding hydrogens is 263 g/mol. The van der Waals surface area contributed by atoms with Crippen molar-refractivity contribution >= 4 is 21.7 Å². The Morgan fingerprint density at radius 2 is 2.22 bits per heavy atom. The first-order chi connectivity index (χ1) is 8.38. The van der Waals surface area contributed by atoms with Crippen molar-refractivity contribution in [3.05, 3.63) is 29.6 Å². The van der Waals surface area contributed by atoms with Gasteiger partial charge in [-0.3, -0.25) is 9.52 Å². The van der Waals surface area contributed by atoms with Crippen LogP contribution in [0.4, 0.5) is 10.1 Å². The second kappa shape index (κ2) is 5.46. The van der Waals surface area contributed by atoms with Gasteiger partial charge in [0, 0.05) is 0 Å². The maximum Gasteiger partial charge on any atom is 0.322 e. The van der Waals surface area contributed by atoms with E-state index in [1.54, 1.807) is 6.07 Å². The normalized spacial score (nSPS) is 10.5. The van der Waals surface area contributed by atoms with Gasteiger partial charge in [0.2, 0.25) is 10.0 Å². The largest absolute Gasteiger partial charge is 0.468 e. The molecule has 0 radical (unpaired) electrons. The number of methoxy groups -OCH3 is 1. The lowest BCUT2D eigenvalue weighted by Gasteiger charge is -2.07. The maximum atomic E-state index is 13.4. The van der Waals surface area contributed by atoms with Crippen LogP contribution in [0.3, 0.4) is 0 Å². The van der Waals surface area contributed by atoms with Crippen molar-refractivity contribution in [2.45, 2.75) is 0 Å². The fourth-order valence-electron chi connectivity index (χ4n) is 1.09. The van der Waals surface area contributed by atoms with E-state index in [4.69, 9.17) is 5.26 Å². The van der Waals surface area contributed by atoms with Crippen molar-refractivity contribution in [2.24, 2.45) is 0 Å². The molecule has 0 bridgehead atoms. The van der Waals surface area contributed by atoms with Crippen molar-refractivity contribution in [2.75, 3.05) is 17.6 Å². The van der Waals surface area contributed by atoms with Gasteiger partial charge in [0.1, 0.15) is 5.82 Å². The van der Waals surface area contributed by atoms with Crippen LogP contribution < -0.4 is 4.72 Å². The van der Waals surface area contributed by atoms with Crippen molar-refractivity contribution in [3.63, 3.8) is 0 Å². The highest BCUT2D eigenvalue weighted by molar-refractivity contribution is 7.93. The second-order valence-corrected chi connectivity index (χ2v) is 4.97. The first kappa shape index (κ1) is 13.9. The molecule has 96 valence electrons. The highest BCUT2D eigenvalue weighted by Gasteiger charge is 2.18. The monoisotopic (exact) mass is 272 g/mol. The number of sulfonamides is 1. The number of esters is 1. The summed E-state index contributed by atoms with van der Waals surface area (Å²) >= 11 is 0.